The van der Waals surface area contributed by atoms with Crippen LogP contribution in [0.15, 0.2) is 23.2 Å². The van der Waals surface area contributed by atoms with Crippen LogP contribution in [0.1, 0.15) is 10.4 Å². The molecule has 0 aliphatic carbocycles. The van der Waals surface area contributed by atoms with Gasteiger partial charge in [-0.25, -0.2) is 9.59 Å². The molecular formula is C10H9NO4. The van der Waals surface area contributed by atoms with Gasteiger partial charge in [-0.15, -0.1) is 0 Å². The molecule has 5 nitrogen and oxygen atoms in total. The lowest BCUT2D eigenvalue weighted by Crippen LogP contribution is -2.00. The molecule has 0 bridgehead atoms. The van der Waals surface area contributed by atoms with E-state index in [0.29, 0.717) is 11.3 Å². The average molecular weight is 207 g/mol. The maximum Gasteiger partial charge on any atom is 0.337 e. The third kappa shape index (κ3) is 2.42. The fourth-order valence-electron chi connectivity index (χ4n) is 1.07. The summed E-state index contributed by atoms with van der Waals surface area (Å²) in [4.78, 5) is 24.7. The number of ether oxygens (including phenoxy) is 2. The topological polar surface area (TPSA) is 65.0 Å². The van der Waals surface area contributed by atoms with E-state index in [9.17, 15) is 9.59 Å². The zero-order valence-electron chi connectivity index (χ0n) is 8.31. The second kappa shape index (κ2) is 4.93. The van der Waals surface area contributed by atoms with E-state index in [1.165, 1.54) is 38.5 Å². The van der Waals surface area contributed by atoms with Crippen molar-refractivity contribution in [3.05, 3.63) is 23.8 Å². The molecule has 5 heteroatoms. The number of isocyanates is 1. The predicted molar refractivity (Wildman–Crippen MR) is 52.1 cm³/mol. The van der Waals surface area contributed by atoms with Crippen LogP contribution >= 0.6 is 0 Å². The van der Waals surface area contributed by atoms with Crippen LogP contribution in [0.4, 0.5) is 5.69 Å². The van der Waals surface area contributed by atoms with Gasteiger partial charge >= 0.3 is 5.97 Å². The van der Waals surface area contributed by atoms with E-state index in [-0.39, 0.29) is 5.69 Å². The second-order valence-electron chi connectivity index (χ2n) is 2.58. The van der Waals surface area contributed by atoms with E-state index in [4.69, 9.17) is 4.74 Å². The Labute approximate surface area is 86.3 Å². The van der Waals surface area contributed by atoms with Crippen LogP contribution < -0.4 is 4.74 Å². The van der Waals surface area contributed by atoms with Crippen LogP contribution in [0.2, 0.25) is 0 Å². The first kappa shape index (κ1) is 10.9. The Morgan fingerprint density at radius 3 is 2.67 bits per heavy atom. The molecule has 0 N–H and O–H groups in total. The second-order valence-corrected chi connectivity index (χ2v) is 2.58. The van der Waals surface area contributed by atoms with Crippen molar-refractivity contribution in [2.75, 3.05) is 14.2 Å². The van der Waals surface area contributed by atoms with Crippen molar-refractivity contribution in [3.63, 3.8) is 0 Å². The van der Waals surface area contributed by atoms with Gasteiger partial charge in [0.15, 0.2) is 0 Å². The molecule has 1 aromatic carbocycles. The fourth-order valence-corrected chi connectivity index (χ4v) is 1.07. The maximum atomic E-state index is 11.2. The summed E-state index contributed by atoms with van der Waals surface area (Å²) in [5, 5.41) is 0. The molecule has 0 atom stereocenters. The molecule has 0 saturated carbocycles. The smallest absolute Gasteiger partial charge is 0.337 e. The summed E-state index contributed by atoms with van der Waals surface area (Å²) in [5.41, 5.74) is 0.544. The third-order valence-corrected chi connectivity index (χ3v) is 1.77. The SMILES string of the molecule is COC(=O)c1ccc(OC)c(N=C=O)c1. The fraction of sp³-hybridized carbons (Fsp3) is 0.200. The molecule has 0 saturated heterocycles. The predicted octanol–water partition coefficient (Wildman–Crippen LogP) is 1.45. The first-order valence-electron chi connectivity index (χ1n) is 4.07. The zero-order valence-corrected chi connectivity index (χ0v) is 8.31. The Kier molecular flexibility index (Phi) is 3.60. The Bertz CT molecular complexity index is 421. The van der Waals surface area contributed by atoms with E-state index >= 15 is 0 Å². The molecule has 0 aliphatic rings. The highest BCUT2D eigenvalue weighted by Gasteiger charge is 2.09. The number of aliphatic imine (C=N–C) groups is 1. The Hall–Kier alpha value is -2.13. The number of carbonyl (C=O) groups is 1. The minimum atomic E-state index is -0.500. The van der Waals surface area contributed by atoms with Crippen molar-refractivity contribution in [2.24, 2.45) is 4.99 Å². The number of nitrogens with zero attached hydrogens (tertiary/aromatic N) is 1. The molecule has 0 unspecified atom stereocenters. The van der Waals surface area contributed by atoms with Crippen molar-refractivity contribution < 1.29 is 19.1 Å². The van der Waals surface area contributed by atoms with Crippen LogP contribution in [0.25, 0.3) is 0 Å². The summed E-state index contributed by atoms with van der Waals surface area (Å²) in [5.74, 6) is -0.106. The molecule has 1 rings (SSSR count). The van der Waals surface area contributed by atoms with Gasteiger partial charge in [-0.1, -0.05) is 0 Å². The standard InChI is InChI=1S/C10H9NO4/c1-14-9-4-3-7(10(13)15-2)5-8(9)11-6-12/h3-5H,1-2H3. The Morgan fingerprint density at radius 2 is 2.13 bits per heavy atom. The van der Waals surface area contributed by atoms with E-state index in [1.807, 2.05) is 0 Å². The zero-order chi connectivity index (χ0) is 11.3. The lowest BCUT2D eigenvalue weighted by molar-refractivity contribution is 0.0600. The van der Waals surface area contributed by atoms with Crippen molar-refractivity contribution in [3.8, 4) is 5.75 Å². The minimum absolute atomic E-state index is 0.246. The maximum absolute atomic E-state index is 11.2. The molecular weight excluding hydrogens is 198 g/mol. The first-order chi connectivity index (χ1) is 7.22. The van der Waals surface area contributed by atoms with E-state index in [0.717, 1.165) is 0 Å². The molecule has 0 aliphatic heterocycles. The summed E-state index contributed by atoms with van der Waals surface area (Å²) in [6, 6.07) is 4.45. The van der Waals surface area contributed by atoms with Crippen molar-refractivity contribution >= 4 is 17.7 Å². The number of carbonyl (C=O) groups excluding carboxylic acids is 2. The quantitative estimate of drug-likeness (QED) is 0.427. The van der Waals surface area contributed by atoms with Gasteiger partial charge in [0.2, 0.25) is 6.08 Å². The molecule has 0 spiro atoms. The van der Waals surface area contributed by atoms with E-state index < -0.39 is 5.97 Å². The van der Waals surface area contributed by atoms with Gasteiger partial charge in [-0.2, -0.15) is 4.99 Å². The summed E-state index contributed by atoms with van der Waals surface area (Å²) >= 11 is 0. The molecule has 15 heavy (non-hydrogen) atoms. The summed E-state index contributed by atoms with van der Waals surface area (Å²) in [6.07, 6.45) is 1.39. The molecule has 0 heterocycles. The third-order valence-electron chi connectivity index (χ3n) is 1.77. The molecule has 0 amide bonds. The highest BCUT2D eigenvalue weighted by atomic mass is 16.5. The summed E-state index contributed by atoms with van der Waals surface area (Å²) < 4.78 is 9.46. The van der Waals surface area contributed by atoms with Crippen LogP contribution in [0, 0.1) is 0 Å². The largest absolute Gasteiger partial charge is 0.494 e. The van der Waals surface area contributed by atoms with Crippen LogP contribution in [0.5, 0.6) is 5.75 Å². The average Bonchev–Trinajstić information content (AvgIpc) is 2.28. The summed E-state index contributed by atoms with van der Waals surface area (Å²) in [6.45, 7) is 0. The number of methoxy groups -OCH3 is 2. The van der Waals surface area contributed by atoms with Crippen molar-refractivity contribution in [1.82, 2.24) is 0 Å². The Morgan fingerprint density at radius 1 is 1.40 bits per heavy atom. The molecule has 0 fully saturated rings. The highest BCUT2D eigenvalue weighted by Crippen LogP contribution is 2.27. The number of hydrogen-bond donors (Lipinski definition) is 0. The van der Waals surface area contributed by atoms with Crippen molar-refractivity contribution in [1.29, 1.82) is 0 Å². The van der Waals surface area contributed by atoms with Gasteiger partial charge in [0.25, 0.3) is 0 Å². The van der Waals surface area contributed by atoms with Gasteiger partial charge in [-0.05, 0) is 18.2 Å². The van der Waals surface area contributed by atoms with E-state index in [1.54, 1.807) is 0 Å². The van der Waals surface area contributed by atoms with Crippen molar-refractivity contribution in [2.45, 2.75) is 0 Å². The lowest BCUT2D eigenvalue weighted by Gasteiger charge is -2.04. The molecule has 0 aromatic heterocycles. The van der Waals surface area contributed by atoms with Crippen LogP contribution in [-0.2, 0) is 9.53 Å². The van der Waals surface area contributed by atoms with E-state index in [2.05, 4.69) is 9.73 Å². The Balaban J connectivity index is 3.21. The van der Waals surface area contributed by atoms with Crippen LogP contribution in [-0.4, -0.2) is 26.3 Å². The van der Waals surface area contributed by atoms with Crippen LogP contribution in [0.3, 0.4) is 0 Å². The highest BCUT2D eigenvalue weighted by molar-refractivity contribution is 5.91. The lowest BCUT2D eigenvalue weighted by atomic mass is 10.2. The first-order valence-corrected chi connectivity index (χ1v) is 4.07. The van der Waals surface area contributed by atoms with Gasteiger partial charge in [0.1, 0.15) is 11.4 Å². The number of rotatable bonds is 3. The molecule has 1 aromatic rings. The van der Waals surface area contributed by atoms with Gasteiger partial charge in [0.05, 0.1) is 19.8 Å². The van der Waals surface area contributed by atoms with Gasteiger partial charge < -0.3 is 9.47 Å². The van der Waals surface area contributed by atoms with Gasteiger partial charge in [0, 0.05) is 0 Å². The molecule has 78 valence electrons. The normalized spacial score (nSPS) is 8.93. The monoisotopic (exact) mass is 207 g/mol. The van der Waals surface area contributed by atoms with Gasteiger partial charge in [-0.3, -0.25) is 0 Å². The molecule has 0 radical (unpaired) electrons. The number of hydrogen-bond acceptors (Lipinski definition) is 5. The number of benzene rings is 1. The summed E-state index contributed by atoms with van der Waals surface area (Å²) in [7, 11) is 2.71. The number of esters is 1. The minimum Gasteiger partial charge on any atom is -0.494 e.